The van der Waals surface area contributed by atoms with Crippen molar-refractivity contribution < 1.29 is 18.7 Å². The highest BCUT2D eigenvalue weighted by atomic mass is 32.2. The molecular formula is C24H30F2O2S. The SMILES string of the molecule is C=C(S/C(=C\C)Cc1c(F)cc(C(C)=O)cc1F)c1ccccc1.CC.CCO. The summed E-state index contributed by atoms with van der Waals surface area (Å²) >= 11 is 1.39. The molecule has 0 saturated carbocycles. The van der Waals surface area contributed by atoms with E-state index >= 15 is 0 Å². The van der Waals surface area contributed by atoms with Crippen molar-refractivity contribution in [3.8, 4) is 0 Å². The molecule has 2 rings (SSSR count). The minimum Gasteiger partial charge on any atom is -0.397 e. The normalized spacial score (nSPS) is 10.3. The van der Waals surface area contributed by atoms with Gasteiger partial charge < -0.3 is 5.11 Å². The Hall–Kier alpha value is -2.24. The van der Waals surface area contributed by atoms with Crippen LogP contribution in [0.4, 0.5) is 8.78 Å². The number of hydrogen-bond acceptors (Lipinski definition) is 3. The first-order valence-electron chi connectivity index (χ1n) is 9.51. The van der Waals surface area contributed by atoms with E-state index in [0.29, 0.717) is 0 Å². The second kappa shape index (κ2) is 14.7. The number of benzene rings is 2. The minimum atomic E-state index is -0.703. The fraction of sp³-hybridized carbons (Fsp3) is 0.292. The van der Waals surface area contributed by atoms with Crippen LogP contribution in [-0.4, -0.2) is 17.5 Å². The summed E-state index contributed by atoms with van der Waals surface area (Å²) in [5.74, 6) is -1.77. The van der Waals surface area contributed by atoms with Crippen molar-refractivity contribution in [2.75, 3.05) is 6.61 Å². The number of allylic oxidation sites excluding steroid dienone is 2. The molecule has 158 valence electrons. The van der Waals surface area contributed by atoms with Crippen molar-refractivity contribution in [2.45, 2.75) is 41.0 Å². The molecule has 0 spiro atoms. The van der Waals surface area contributed by atoms with Gasteiger partial charge in [0.25, 0.3) is 0 Å². The molecule has 2 aromatic carbocycles. The summed E-state index contributed by atoms with van der Waals surface area (Å²) in [5.41, 5.74) is 0.966. The van der Waals surface area contributed by atoms with Crippen LogP contribution in [0.15, 0.2) is 60.0 Å². The van der Waals surface area contributed by atoms with Gasteiger partial charge in [-0.05, 0) is 43.4 Å². The van der Waals surface area contributed by atoms with Crippen molar-refractivity contribution in [3.63, 3.8) is 0 Å². The Bertz CT molecular complexity index is 792. The molecule has 0 atom stereocenters. The average molecular weight is 421 g/mol. The zero-order chi connectivity index (χ0) is 22.4. The highest BCUT2D eigenvalue weighted by Gasteiger charge is 2.15. The van der Waals surface area contributed by atoms with Crippen LogP contribution in [0.2, 0.25) is 0 Å². The summed E-state index contributed by atoms with van der Waals surface area (Å²) in [6.07, 6.45) is 1.93. The van der Waals surface area contributed by atoms with Gasteiger partial charge in [0.15, 0.2) is 5.78 Å². The minimum absolute atomic E-state index is 0.0390. The second-order valence-corrected chi connectivity index (χ2v) is 6.84. The Kier molecular flexibility index (Phi) is 13.6. The van der Waals surface area contributed by atoms with E-state index in [9.17, 15) is 13.6 Å². The van der Waals surface area contributed by atoms with E-state index in [2.05, 4.69) is 6.58 Å². The van der Waals surface area contributed by atoms with Gasteiger partial charge in [-0.2, -0.15) is 0 Å². The molecule has 0 aliphatic heterocycles. The third-order valence-corrected chi connectivity index (χ3v) is 4.69. The summed E-state index contributed by atoms with van der Waals surface area (Å²) in [6, 6.07) is 11.8. The van der Waals surface area contributed by atoms with Gasteiger partial charge in [-0.1, -0.05) is 68.6 Å². The van der Waals surface area contributed by atoms with Crippen LogP contribution in [0.25, 0.3) is 4.91 Å². The second-order valence-electron chi connectivity index (χ2n) is 5.61. The van der Waals surface area contributed by atoms with E-state index in [1.165, 1.54) is 18.7 Å². The zero-order valence-electron chi connectivity index (χ0n) is 17.8. The van der Waals surface area contributed by atoms with Crippen LogP contribution in [0.5, 0.6) is 0 Å². The number of aliphatic hydroxyl groups excluding tert-OH is 1. The third kappa shape index (κ3) is 9.20. The summed E-state index contributed by atoms with van der Waals surface area (Å²) in [7, 11) is 0. The largest absolute Gasteiger partial charge is 0.397 e. The van der Waals surface area contributed by atoms with Gasteiger partial charge in [-0.15, -0.1) is 0 Å². The molecule has 29 heavy (non-hydrogen) atoms. The number of carbonyl (C=O) groups is 1. The van der Waals surface area contributed by atoms with Gasteiger partial charge in [0.2, 0.25) is 0 Å². The summed E-state index contributed by atoms with van der Waals surface area (Å²) < 4.78 is 28.4. The Morgan fingerprint density at radius 3 is 2.00 bits per heavy atom. The van der Waals surface area contributed by atoms with Crippen molar-refractivity contribution in [1.82, 2.24) is 0 Å². The molecule has 0 aliphatic carbocycles. The molecule has 2 aromatic rings. The highest BCUT2D eigenvalue weighted by molar-refractivity contribution is 8.11. The van der Waals surface area contributed by atoms with Crippen molar-refractivity contribution in [2.24, 2.45) is 0 Å². The quantitative estimate of drug-likeness (QED) is 0.509. The molecule has 0 unspecified atom stereocenters. The molecular weight excluding hydrogens is 390 g/mol. The van der Waals surface area contributed by atoms with E-state index in [4.69, 9.17) is 5.11 Å². The first kappa shape index (κ1) is 26.8. The molecule has 0 bridgehead atoms. The van der Waals surface area contributed by atoms with Gasteiger partial charge in [0.05, 0.1) is 0 Å². The number of rotatable bonds is 6. The first-order valence-corrected chi connectivity index (χ1v) is 10.3. The lowest BCUT2D eigenvalue weighted by Gasteiger charge is -2.12. The monoisotopic (exact) mass is 420 g/mol. The van der Waals surface area contributed by atoms with Gasteiger partial charge in [0, 0.05) is 29.1 Å². The topological polar surface area (TPSA) is 37.3 Å². The van der Waals surface area contributed by atoms with Crippen LogP contribution < -0.4 is 0 Å². The van der Waals surface area contributed by atoms with Crippen LogP contribution in [-0.2, 0) is 6.42 Å². The van der Waals surface area contributed by atoms with Crippen LogP contribution in [0.1, 0.15) is 56.1 Å². The van der Waals surface area contributed by atoms with E-state index in [-0.39, 0.29) is 29.9 Å². The van der Waals surface area contributed by atoms with E-state index in [1.54, 1.807) is 6.92 Å². The van der Waals surface area contributed by atoms with Crippen LogP contribution >= 0.6 is 11.8 Å². The lowest BCUT2D eigenvalue weighted by molar-refractivity contribution is 0.101. The maximum atomic E-state index is 14.2. The van der Waals surface area contributed by atoms with Gasteiger partial charge >= 0.3 is 0 Å². The number of ketones is 1. The Morgan fingerprint density at radius 1 is 1.10 bits per heavy atom. The molecule has 2 nitrogen and oxygen atoms in total. The molecule has 0 aromatic heterocycles. The van der Waals surface area contributed by atoms with Crippen molar-refractivity contribution >= 4 is 22.5 Å². The van der Waals surface area contributed by atoms with E-state index < -0.39 is 11.6 Å². The number of aliphatic hydroxyl groups is 1. The maximum absolute atomic E-state index is 14.2. The Balaban J connectivity index is 0.00000143. The maximum Gasteiger partial charge on any atom is 0.160 e. The van der Waals surface area contributed by atoms with E-state index in [1.807, 2.05) is 57.2 Å². The average Bonchev–Trinajstić information content (AvgIpc) is 2.72. The summed E-state index contributed by atoms with van der Waals surface area (Å²) in [5, 5.41) is 7.57. The zero-order valence-corrected chi connectivity index (χ0v) is 18.6. The fourth-order valence-electron chi connectivity index (χ4n) is 2.19. The summed E-state index contributed by atoms with van der Waals surface area (Å²) in [6.45, 7) is 13.1. The van der Waals surface area contributed by atoms with Gasteiger partial charge in [0.1, 0.15) is 11.6 Å². The molecule has 0 heterocycles. The van der Waals surface area contributed by atoms with E-state index in [0.717, 1.165) is 27.5 Å². The molecule has 1 N–H and O–H groups in total. The highest BCUT2D eigenvalue weighted by Crippen LogP contribution is 2.34. The van der Waals surface area contributed by atoms with Crippen molar-refractivity contribution in [3.05, 3.63) is 88.3 Å². The molecule has 0 saturated heterocycles. The number of Topliss-reactive ketones (excluding diaryl/α,β-unsaturated/α-hetero) is 1. The predicted octanol–water partition coefficient (Wildman–Crippen LogP) is 7.04. The molecule has 0 radical (unpaired) electrons. The number of hydrogen-bond donors (Lipinski definition) is 1. The van der Waals surface area contributed by atoms with Crippen LogP contribution in [0.3, 0.4) is 0 Å². The number of thioether (sulfide) groups is 1. The smallest absolute Gasteiger partial charge is 0.160 e. The summed E-state index contributed by atoms with van der Waals surface area (Å²) in [4.78, 5) is 12.9. The number of carbonyl (C=O) groups excluding carboxylic acids is 1. The Labute approximate surface area is 177 Å². The predicted molar refractivity (Wildman–Crippen MR) is 121 cm³/mol. The Morgan fingerprint density at radius 2 is 1.59 bits per heavy atom. The third-order valence-electron chi connectivity index (χ3n) is 3.57. The standard InChI is InChI=1S/C20H18F2OS.C2H6O.C2H6/c1-4-17(24-14(3)15-8-6-5-7-9-15)12-18-19(21)10-16(13(2)23)11-20(18)22;1-2-3;1-2/h4-11H,3,12H2,1-2H3;3H,2H2,1H3;1-2H3/b17-4-;;. The fourth-order valence-corrected chi connectivity index (χ4v) is 3.09. The first-order chi connectivity index (χ1) is 13.8. The van der Waals surface area contributed by atoms with Gasteiger partial charge in [-0.3, -0.25) is 4.79 Å². The van der Waals surface area contributed by atoms with Gasteiger partial charge in [-0.25, -0.2) is 8.78 Å². The molecule has 0 fully saturated rings. The number of halogens is 2. The van der Waals surface area contributed by atoms with Crippen LogP contribution in [0, 0.1) is 11.6 Å². The van der Waals surface area contributed by atoms with Crippen molar-refractivity contribution in [1.29, 1.82) is 0 Å². The molecule has 0 aliphatic rings. The molecule has 0 amide bonds. The lowest BCUT2D eigenvalue weighted by Crippen LogP contribution is -2.02. The lowest BCUT2D eigenvalue weighted by atomic mass is 10.0. The molecule has 5 heteroatoms.